The molecule has 0 aliphatic carbocycles. The van der Waals surface area contributed by atoms with E-state index >= 15 is 0 Å². The van der Waals surface area contributed by atoms with Gasteiger partial charge in [-0.2, -0.15) is 0 Å². The second kappa shape index (κ2) is 8.99. The van der Waals surface area contributed by atoms with E-state index in [2.05, 4.69) is 5.32 Å². The molecule has 140 valence electrons. The highest BCUT2D eigenvalue weighted by molar-refractivity contribution is 6.07. The van der Waals surface area contributed by atoms with Crippen LogP contribution in [0.5, 0.6) is 23.0 Å². The fourth-order valence-electron chi connectivity index (χ4n) is 2.53. The number of rotatable bonds is 8. The molecule has 1 amide bonds. The molecule has 0 aromatic heterocycles. The Kier molecular flexibility index (Phi) is 6.72. The van der Waals surface area contributed by atoms with E-state index in [0.717, 1.165) is 5.56 Å². The van der Waals surface area contributed by atoms with Crippen LogP contribution in [0.3, 0.4) is 0 Å². The zero-order chi connectivity index (χ0) is 19.1. The molecule has 26 heavy (non-hydrogen) atoms. The van der Waals surface area contributed by atoms with Gasteiger partial charge >= 0.3 is 0 Å². The van der Waals surface area contributed by atoms with Gasteiger partial charge in [-0.25, -0.2) is 0 Å². The molecule has 0 radical (unpaired) electrons. The summed E-state index contributed by atoms with van der Waals surface area (Å²) in [5.41, 5.74) is 1.90. The lowest BCUT2D eigenvalue weighted by Gasteiger charge is -2.15. The smallest absolute Gasteiger partial charge is 0.259 e. The van der Waals surface area contributed by atoms with Crippen molar-refractivity contribution in [2.24, 2.45) is 0 Å². The van der Waals surface area contributed by atoms with Gasteiger partial charge in [-0.1, -0.05) is 0 Å². The number of methoxy groups -OCH3 is 2. The highest BCUT2D eigenvalue weighted by atomic mass is 16.5. The Bertz CT molecular complexity index is 773. The van der Waals surface area contributed by atoms with Crippen LogP contribution >= 0.6 is 0 Å². The summed E-state index contributed by atoms with van der Waals surface area (Å²) >= 11 is 0. The number of aryl methyl sites for hydroxylation is 1. The lowest BCUT2D eigenvalue weighted by Crippen LogP contribution is -2.15. The van der Waals surface area contributed by atoms with Gasteiger partial charge in [-0.3, -0.25) is 4.79 Å². The van der Waals surface area contributed by atoms with Crippen molar-refractivity contribution in [1.29, 1.82) is 0 Å². The molecule has 6 nitrogen and oxygen atoms in total. The molecule has 2 aromatic rings. The third-order valence-corrected chi connectivity index (χ3v) is 3.79. The van der Waals surface area contributed by atoms with Crippen molar-refractivity contribution in [2.75, 3.05) is 32.8 Å². The minimum atomic E-state index is -0.287. The summed E-state index contributed by atoms with van der Waals surface area (Å²) in [7, 11) is 3.13. The molecule has 0 saturated heterocycles. The van der Waals surface area contributed by atoms with Crippen molar-refractivity contribution < 1.29 is 23.7 Å². The first-order valence-corrected chi connectivity index (χ1v) is 8.47. The van der Waals surface area contributed by atoms with Gasteiger partial charge in [0.2, 0.25) is 0 Å². The van der Waals surface area contributed by atoms with Crippen molar-refractivity contribution in [3.05, 3.63) is 41.5 Å². The zero-order valence-electron chi connectivity index (χ0n) is 15.8. The summed E-state index contributed by atoms with van der Waals surface area (Å²) in [6.45, 7) is 6.63. The molecule has 2 rings (SSSR count). The molecule has 0 fully saturated rings. The molecule has 1 N–H and O–H groups in total. The fraction of sp³-hybridized carbons (Fsp3) is 0.350. The van der Waals surface area contributed by atoms with Crippen LogP contribution in [0.15, 0.2) is 30.3 Å². The van der Waals surface area contributed by atoms with Gasteiger partial charge in [0.1, 0.15) is 11.5 Å². The number of benzene rings is 2. The normalized spacial score (nSPS) is 10.2. The van der Waals surface area contributed by atoms with Crippen LogP contribution in [0.1, 0.15) is 29.8 Å². The second-order valence-electron chi connectivity index (χ2n) is 5.50. The van der Waals surface area contributed by atoms with E-state index in [9.17, 15) is 4.79 Å². The molecule has 0 atom stereocenters. The Balaban J connectivity index is 2.36. The average molecular weight is 359 g/mol. The number of hydrogen-bond acceptors (Lipinski definition) is 5. The molecule has 6 heteroatoms. The lowest BCUT2D eigenvalue weighted by atomic mass is 10.1. The molecule has 0 aliphatic heterocycles. The first kappa shape index (κ1) is 19.4. The van der Waals surface area contributed by atoms with Crippen molar-refractivity contribution in [3.8, 4) is 23.0 Å². The Labute approximate surface area is 154 Å². The quantitative estimate of drug-likeness (QED) is 0.770. The predicted molar refractivity (Wildman–Crippen MR) is 101 cm³/mol. The summed E-state index contributed by atoms with van der Waals surface area (Å²) in [6, 6.07) is 8.76. The van der Waals surface area contributed by atoms with Crippen LogP contribution < -0.4 is 24.3 Å². The SMILES string of the molecule is CCOc1ccc(OCC)c(C(=O)Nc2cc(OC)c(OC)cc2C)c1. The number of ether oxygens (including phenoxy) is 4. The predicted octanol–water partition coefficient (Wildman–Crippen LogP) is 4.06. The molecule has 0 unspecified atom stereocenters. The largest absolute Gasteiger partial charge is 0.494 e. The Morgan fingerprint density at radius 3 is 2.19 bits per heavy atom. The van der Waals surface area contributed by atoms with E-state index in [4.69, 9.17) is 18.9 Å². The van der Waals surface area contributed by atoms with Gasteiger partial charge in [-0.05, 0) is 50.6 Å². The topological polar surface area (TPSA) is 66.0 Å². The standard InChI is InChI=1S/C20H25NO5/c1-6-25-14-8-9-17(26-7-2)15(11-14)20(22)21-16-12-19(24-5)18(23-4)10-13(16)3/h8-12H,6-7H2,1-5H3,(H,21,22). The van der Waals surface area contributed by atoms with E-state index < -0.39 is 0 Å². The summed E-state index contributed by atoms with van der Waals surface area (Å²) in [5.74, 6) is 1.99. The first-order valence-electron chi connectivity index (χ1n) is 8.47. The number of carbonyl (C=O) groups is 1. The molecular formula is C20H25NO5. The van der Waals surface area contributed by atoms with E-state index in [0.29, 0.717) is 47.5 Å². The van der Waals surface area contributed by atoms with Crippen LogP contribution in [0.4, 0.5) is 5.69 Å². The van der Waals surface area contributed by atoms with Crippen LogP contribution in [-0.4, -0.2) is 33.3 Å². The van der Waals surface area contributed by atoms with E-state index in [1.807, 2.05) is 26.8 Å². The third-order valence-electron chi connectivity index (χ3n) is 3.79. The Morgan fingerprint density at radius 2 is 1.58 bits per heavy atom. The molecular weight excluding hydrogens is 334 g/mol. The van der Waals surface area contributed by atoms with Gasteiger partial charge in [0.15, 0.2) is 11.5 Å². The highest BCUT2D eigenvalue weighted by Crippen LogP contribution is 2.33. The minimum Gasteiger partial charge on any atom is -0.494 e. The second-order valence-corrected chi connectivity index (χ2v) is 5.50. The van der Waals surface area contributed by atoms with Crippen LogP contribution in [-0.2, 0) is 0 Å². The molecule has 0 bridgehead atoms. The molecule has 0 saturated carbocycles. The lowest BCUT2D eigenvalue weighted by molar-refractivity contribution is 0.102. The van der Waals surface area contributed by atoms with Gasteiger partial charge in [-0.15, -0.1) is 0 Å². The van der Waals surface area contributed by atoms with Gasteiger partial charge in [0, 0.05) is 11.8 Å². The van der Waals surface area contributed by atoms with Gasteiger partial charge < -0.3 is 24.3 Å². The minimum absolute atomic E-state index is 0.287. The van der Waals surface area contributed by atoms with E-state index in [1.165, 1.54) is 0 Å². The van der Waals surface area contributed by atoms with Crippen molar-refractivity contribution >= 4 is 11.6 Å². The summed E-state index contributed by atoms with van der Waals surface area (Å²) in [6.07, 6.45) is 0. The van der Waals surface area contributed by atoms with Gasteiger partial charge in [0.05, 0.1) is 33.0 Å². The number of carbonyl (C=O) groups excluding carboxylic acids is 1. The molecule has 0 aliphatic rings. The van der Waals surface area contributed by atoms with Crippen LogP contribution in [0.25, 0.3) is 0 Å². The van der Waals surface area contributed by atoms with Crippen molar-refractivity contribution in [1.82, 2.24) is 0 Å². The number of nitrogens with one attached hydrogen (secondary N) is 1. The third kappa shape index (κ3) is 4.39. The summed E-state index contributed by atoms with van der Waals surface area (Å²) in [5, 5.41) is 2.91. The van der Waals surface area contributed by atoms with Crippen LogP contribution in [0.2, 0.25) is 0 Å². The first-order chi connectivity index (χ1) is 12.5. The number of anilines is 1. The maximum absolute atomic E-state index is 12.9. The average Bonchev–Trinajstić information content (AvgIpc) is 2.64. The maximum Gasteiger partial charge on any atom is 0.259 e. The zero-order valence-corrected chi connectivity index (χ0v) is 15.8. The van der Waals surface area contributed by atoms with E-state index in [-0.39, 0.29) is 5.91 Å². The Morgan fingerprint density at radius 1 is 0.923 bits per heavy atom. The van der Waals surface area contributed by atoms with Crippen molar-refractivity contribution in [3.63, 3.8) is 0 Å². The van der Waals surface area contributed by atoms with Crippen molar-refractivity contribution in [2.45, 2.75) is 20.8 Å². The maximum atomic E-state index is 12.9. The summed E-state index contributed by atoms with van der Waals surface area (Å²) < 4.78 is 21.7. The molecule has 2 aromatic carbocycles. The molecule has 0 spiro atoms. The highest BCUT2D eigenvalue weighted by Gasteiger charge is 2.17. The Hall–Kier alpha value is -2.89. The number of amides is 1. The number of hydrogen-bond donors (Lipinski definition) is 1. The fourth-order valence-corrected chi connectivity index (χ4v) is 2.53. The van der Waals surface area contributed by atoms with E-state index in [1.54, 1.807) is 38.5 Å². The summed E-state index contributed by atoms with van der Waals surface area (Å²) in [4.78, 5) is 12.9. The monoisotopic (exact) mass is 359 g/mol. The van der Waals surface area contributed by atoms with Crippen LogP contribution in [0, 0.1) is 6.92 Å². The van der Waals surface area contributed by atoms with Gasteiger partial charge in [0.25, 0.3) is 5.91 Å². The molecule has 0 heterocycles.